The van der Waals surface area contributed by atoms with Gasteiger partial charge >= 0.3 is 0 Å². The number of likely N-dealkylation sites (tertiary alicyclic amines) is 1. The molecule has 1 aliphatic heterocycles. The molecular formula is C17H22N4OS. The highest BCUT2D eigenvalue weighted by molar-refractivity contribution is 7.15. The smallest absolute Gasteiger partial charge is 0.227 e. The number of amides is 1. The Labute approximate surface area is 140 Å². The number of nitrogens with one attached hydrogen (secondary N) is 1. The number of nitrogens with zero attached hydrogens (tertiary/aromatic N) is 3. The van der Waals surface area contributed by atoms with Crippen molar-refractivity contribution >= 4 is 22.4 Å². The Kier molecular flexibility index (Phi) is 5.35. The number of carbonyl (C=O) groups is 1. The molecule has 2 heterocycles. The van der Waals surface area contributed by atoms with Crippen molar-refractivity contribution in [2.45, 2.75) is 38.6 Å². The largest absolute Gasteiger partial charge is 0.300 e. The first-order chi connectivity index (χ1) is 11.3. The topological polar surface area (TPSA) is 58.1 Å². The monoisotopic (exact) mass is 330 g/mol. The number of aryl methyl sites for hydroxylation is 1. The Bertz CT molecular complexity index is 643. The van der Waals surface area contributed by atoms with E-state index in [1.165, 1.54) is 29.7 Å². The molecule has 0 radical (unpaired) electrons. The summed E-state index contributed by atoms with van der Waals surface area (Å²) in [7, 11) is 0. The van der Waals surface area contributed by atoms with Crippen molar-refractivity contribution in [2.75, 3.05) is 18.4 Å². The second kappa shape index (κ2) is 7.66. The summed E-state index contributed by atoms with van der Waals surface area (Å²) in [5, 5.41) is 12.4. The minimum Gasteiger partial charge on any atom is -0.300 e. The highest BCUT2D eigenvalue weighted by atomic mass is 32.1. The van der Waals surface area contributed by atoms with Crippen LogP contribution in [0, 0.1) is 0 Å². The third-order valence-corrected chi connectivity index (χ3v) is 5.17. The van der Waals surface area contributed by atoms with Crippen LogP contribution in [0.2, 0.25) is 0 Å². The normalized spacial score (nSPS) is 18.2. The SMILES string of the molecule is CCc1nnc(NC(=O)CCN2CCCC2c2ccccc2)s1. The maximum atomic E-state index is 12.1. The number of anilines is 1. The Morgan fingerprint density at radius 1 is 1.35 bits per heavy atom. The average Bonchev–Trinajstić information content (AvgIpc) is 3.22. The van der Waals surface area contributed by atoms with Crippen LogP contribution in [0.5, 0.6) is 0 Å². The van der Waals surface area contributed by atoms with Gasteiger partial charge in [-0.15, -0.1) is 10.2 Å². The zero-order chi connectivity index (χ0) is 16.1. The molecule has 23 heavy (non-hydrogen) atoms. The van der Waals surface area contributed by atoms with Gasteiger partial charge in [-0.25, -0.2) is 0 Å². The van der Waals surface area contributed by atoms with Gasteiger partial charge in [0.25, 0.3) is 0 Å². The maximum Gasteiger partial charge on any atom is 0.227 e. The van der Waals surface area contributed by atoms with E-state index in [9.17, 15) is 4.79 Å². The molecule has 1 saturated heterocycles. The molecule has 2 aromatic rings. The molecule has 3 rings (SSSR count). The third-order valence-electron chi connectivity index (χ3n) is 4.19. The van der Waals surface area contributed by atoms with Gasteiger partial charge in [0.05, 0.1) is 0 Å². The number of hydrogen-bond acceptors (Lipinski definition) is 5. The van der Waals surface area contributed by atoms with Crippen LogP contribution in [-0.2, 0) is 11.2 Å². The van der Waals surface area contributed by atoms with E-state index in [0.29, 0.717) is 17.6 Å². The first-order valence-electron chi connectivity index (χ1n) is 8.17. The Hall–Kier alpha value is -1.79. The lowest BCUT2D eigenvalue weighted by molar-refractivity contribution is -0.116. The minimum absolute atomic E-state index is 0.0162. The summed E-state index contributed by atoms with van der Waals surface area (Å²) >= 11 is 1.45. The van der Waals surface area contributed by atoms with Gasteiger partial charge in [-0.2, -0.15) is 0 Å². The molecule has 1 fully saturated rings. The highest BCUT2D eigenvalue weighted by Crippen LogP contribution is 2.31. The summed E-state index contributed by atoms with van der Waals surface area (Å²) in [4.78, 5) is 14.5. The summed E-state index contributed by atoms with van der Waals surface area (Å²) in [5.41, 5.74) is 1.35. The first kappa shape index (κ1) is 16.1. The molecule has 1 N–H and O–H groups in total. The summed E-state index contributed by atoms with van der Waals surface area (Å²) in [6.45, 7) is 3.87. The Balaban J connectivity index is 1.52. The van der Waals surface area contributed by atoms with Crippen LogP contribution in [0.25, 0.3) is 0 Å². The van der Waals surface area contributed by atoms with Crippen molar-refractivity contribution < 1.29 is 4.79 Å². The molecular weight excluding hydrogens is 308 g/mol. The molecule has 1 atom stereocenters. The molecule has 1 aromatic carbocycles. The van der Waals surface area contributed by atoms with Gasteiger partial charge in [-0.3, -0.25) is 9.69 Å². The van der Waals surface area contributed by atoms with E-state index in [1.54, 1.807) is 0 Å². The zero-order valence-corrected chi connectivity index (χ0v) is 14.2. The fourth-order valence-corrected chi connectivity index (χ4v) is 3.72. The summed E-state index contributed by atoms with van der Waals surface area (Å²) < 4.78 is 0. The summed E-state index contributed by atoms with van der Waals surface area (Å²) in [6, 6.07) is 11.0. The van der Waals surface area contributed by atoms with Gasteiger partial charge in [0.2, 0.25) is 11.0 Å². The second-order valence-corrected chi connectivity index (χ2v) is 6.82. The predicted molar refractivity (Wildman–Crippen MR) is 92.5 cm³/mol. The van der Waals surface area contributed by atoms with Crippen LogP contribution in [0.1, 0.15) is 42.8 Å². The quantitative estimate of drug-likeness (QED) is 0.883. The molecule has 0 saturated carbocycles. The lowest BCUT2D eigenvalue weighted by atomic mass is 10.0. The standard InChI is InChI=1S/C17H22N4OS/c1-2-16-19-20-17(23-16)18-15(22)10-12-21-11-6-9-14(21)13-7-4-3-5-8-13/h3-5,7-8,14H,2,6,9-12H2,1H3,(H,18,20,22). The third kappa shape index (κ3) is 4.14. The van der Waals surface area contributed by atoms with Gasteiger partial charge < -0.3 is 5.32 Å². The van der Waals surface area contributed by atoms with Crippen molar-refractivity contribution in [2.24, 2.45) is 0 Å². The van der Waals surface area contributed by atoms with E-state index >= 15 is 0 Å². The maximum absolute atomic E-state index is 12.1. The lowest BCUT2D eigenvalue weighted by Crippen LogP contribution is -2.27. The van der Waals surface area contributed by atoms with Crippen molar-refractivity contribution in [3.63, 3.8) is 0 Å². The van der Waals surface area contributed by atoms with Crippen molar-refractivity contribution in [1.29, 1.82) is 0 Å². The average molecular weight is 330 g/mol. The van der Waals surface area contributed by atoms with Crippen LogP contribution >= 0.6 is 11.3 Å². The molecule has 1 aliphatic rings. The van der Waals surface area contributed by atoms with Crippen LogP contribution < -0.4 is 5.32 Å². The number of benzene rings is 1. The van der Waals surface area contributed by atoms with Crippen LogP contribution in [0.15, 0.2) is 30.3 Å². The van der Waals surface area contributed by atoms with Crippen LogP contribution in [-0.4, -0.2) is 34.1 Å². The van der Waals surface area contributed by atoms with E-state index in [1.807, 2.05) is 13.0 Å². The highest BCUT2D eigenvalue weighted by Gasteiger charge is 2.25. The predicted octanol–water partition coefficient (Wildman–Crippen LogP) is 3.27. The minimum atomic E-state index is 0.0162. The zero-order valence-electron chi connectivity index (χ0n) is 13.4. The van der Waals surface area contributed by atoms with Gasteiger partial charge in [-0.1, -0.05) is 48.6 Å². The molecule has 1 aromatic heterocycles. The number of hydrogen-bond donors (Lipinski definition) is 1. The van der Waals surface area contributed by atoms with E-state index < -0.39 is 0 Å². The number of aromatic nitrogens is 2. The van der Waals surface area contributed by atoms with Crippen molar-refractivity contribution in [3.8, 4) is 0 Å². The van der Waals surface area contributed by atoms with Crippen molar-refractivity contribution in [1.82, 2.24) is 15.1 Å². The second-order valence-electron chi connectivity index (χ2n) is 5.76. The fraction of sp³-hybridized carbons (Fsp3) is 0.471. The molecule has 0 bridgehead atoms. The number of rotatable bonds is 6. The van der Waals surface area contributed by atoms with E-state index in [4.69, 9.17) is 0 Å². The fourth-order valence-electron chi connectivity index (χ4n) is 3.02. The van der Waals surface area contributed by atoms with E-state index in [0.717, 1.165) is 24.5 Å². The molecule has 1 amide bonds. The molecule has 5 nitrogen and oxygen atoms in total. The first-order valence-corrected chi connectivity index (χ1v) is 8.99. The van der Waals surface area contributed by atoms with Crippen molar-refractivity contribution in [3.05, 3.63) is 40.9 Å². The van der Waals surface area contributed by atoms with Gasteiger partial charge in [0.1, 0.15) is 5.01 Å². The van der Waals surface area contributed by atoms with Gasteiger partial charge in [0.15, 0.2) is 0 Å². The molecule has 122 valence electrons. The molecule has 6 heteroatoms. The van der Waals surface area contributed by atoms with E-state index in [-0.39, 0.29) is 5.91 Å². The van der Waals surface area contributed by atoms with Crippen LogP contribution in [0.4, 0.5) is 5.13 Å². The molecule has 1 unspecified atom stereocenters. The van der Waals surface area contributed by atoms with Gasteiger partial charge in [0, 0.05) is 19.0 Å². The lowest BCUT2D eigenvalue weighted by Gasteiger charge is -2.24. The van der Waals surface area contributed by atoms with E-state index in [2.05, 4.69) is 44.7 Å². The summed E-state index contributed by atoms with van der Waals surface area (Å²) in [6.07, 6.45) is 3.70. The molecule has 0 aliphatic carbocycles. The van der Waals surface area contributed by atoms with Crippen LogP contribution in [0.3, 0.4) is 0 Å². The Morgan fingerprint density at radius 3 is 2.91 bits per heavy atom. The Morgan fingerprint density at radius 2 is 2.17 bits per heavy atom. The van der Waals surface area contributed by atoms with Gasteiger partial charge in [-0.05, 0) is 31.4 Å². The molecule has 0 spiro atoms. The summed E-state index contributed by atoms with van der Waals surface area (Å²) in [5.74, 6) is 0.0162. The number of carbonyl (C=O) groups excluding carboxylic acids is 1.